The second-order valence-electron chi connectivity index (χ2n) is 4.36. The van der Waals surface area contributed by atoms with E-state index in [-0.39, 0.29) is 22.0 Å². The van der Waals surface area contributed by atoms with Crippen LogP contribution in [0.5, 0.6) is 0 Å². The molecule has 0 fully saturated rings. The molecule has 0 saturated heterocycles. The molecule has 0 aliphatic rings. The molecule has 0 radical (unpaired) electrons. The van der Waals surface area contributed by atoms with Crippen molar-refractivity contribution in [3.05, 3.63) is 30.6 Å². The maximum absolute atomic E-state index is 14.4. The van der Waals surface area contributed by atoms with Crippen LogP contribution in [0.1, 0.15) is 22.2 Å². The number of halogens is 4. The smallest absolute Gasteiger partial charge is 0.402 e. The summed E-state index contributed by atoms with van der Waals surface area (Å²) in [5, 5.41) is 9.30. The Balaban J connectivity index is 2.73. The highest BCUT2D eigenvalue weighted by Crippen LogP contribution is 2.66. The van der Waals surface area contributed by atoms with Gasteiger partial charge in [-0.15, -0.1) is 11.3 Å². The number of alkyl halides is 2. The minimum Gasteiger partial charge on any atom is -0.478 e. The molecule has 126 valence electrons. The van der Waals surface area contributed by atoms with Gasteiger partial charge in [-0.1, -0.05) is 0 Å². The molecule has 0 bridgehead atoms. The second-order valence-corrected chi connectivity index (χ2v) is 9.20. The Morgan fingerprint density at radius 2 is 2.13 bits per heavy atom. The Morgan fingerprint density at radius 3 is 2.65 bits per heavy atom. The SMILES string of the molecule is CCOP(=O)(O)C(F)(F)c1sc2c(I)cc(C(=O)O)cc2c1Br. The number of carboxylic acid groups (broad SMARTS) is 1. The molecule has 1 heterocycles. The van der Waals surface area contributed by atoms with Gasteiger partial charge >= 0.3 is 19.2 Å². The lowest BCUT2D eigenvalue weighted by molar-refractivity contribution is 0.0495. The zero-order valence-corrected chi connectivity index (χ0v) is 16.8. The number of benzene rings is 1. The molecule has 1 aromatic heterocycles. The van der Waals surface area contributed by atoms with Crippen molar-refractivity contribution in [2.45, 2.75) is 12.6 Å². The van der Waals surface area contributed by atoms with Gasteiger partial charge in [-0.3, -0.25) is 4.57 Å². The number of aromatic carboxylic acids is 1. The van der Waals surface area contributed by atoms with Gasteiger partial charge in [-0.05, 0) is 57.6 Å². The molecular formula is C12H9BrF2IO5PS. The highest BCUT2D eigenvalue weighted by Gasteiger charge is 2.55. The van der Waals surface area contributed by atoms with E-state index in [1.807, 2.05) is 22.6 Å². The number of hydrogen-bond acceptors (Lipinski definition) is 4. The molecule has 0 aliphatic heterocycles. The van der Waals surface area contributed by atoms with Crippen molar-refractivity contribution in [1.82, 2.24) is 0 Å². The first-order valence-corrected chi connectivity index (χ1v) is 10.3. The fraction of sp³-hybridized carbons (Fsp3) is 0.250. The summed E-state index contributed by atoms with van der Waals surface area (Å²) in [5.41, 5.74) is -4.18. The van der Waals surface area contributed by atoms with Crippen LogP contribution >= 0.6 is 57.5 Å². The Bertz CT molecular complexity index is 840. The largest absolute Gasteiger partial charge is 0.478 e. The average molecular weight is 541 g/mol. The molecule has 0 saturated carbocycles. The molecular weight excluding hydrogens is 532 g/mol. The third kappa shape index (κ3) is 3.34. The number of fused-ring (bicyclic) bond motifs is 1. The van der Waals surface area contributed by atoms with Crippen LogP contribution in [0, 0.1) is 3.57 Å². The van der Waals surface area contributed by atoms with Crippen LogP contribution in [0.2, 0.25) is 0 Å². The van der Waals surface area contributed by atoms with E-state index >= 15 is 0 Å². The van der Waals surface area contributed by atoms with Crippen molar-refractivity contribution in [1.29, 1.82) is 0 Å². The fourth-order valence-electron chi connectivity index (χ4n) is 1.83. The first-order chi connectivity index (χ1) is 10.5. The third-order valence-corrected chi connectivity index (χ3v) is 8.17. The lowest BCUT2D eigenvalue weighted by Crippen LogP contribution is -2.14. The van der Waals surface area contributed by atoms with Gasteiger partial charge in [0.15, 0.2) is 0 Å². The van der Waals surface area contributed by atoms with E-state index in [1.165, 1.54) is 19.1 Å². The molecule has 5 nitrogen and oxygen atoms in total. The van der Waals surface area contributed by atoms with Crippen molar-refractivity contribution >= 4 is 73.5 Å². The quantitative estimate of drug-likeness (QED) is 0.400. The Hall–Kier alpha value is -0.130. The molecule has 2 rings (SSSR count). The topological polar surface area (TPSA) is 83.8 Å². The minimum atomic E-state index is -5.22. The van der Waals surface area contributed by atoms with Crippen molar-refractivity contribution in [3.8, 4) is 0 Å². The van der Waals surface area contributed by atoms with E-state index in [4.69, 9.17) is 5.11 Å². The number of carboxylic acids is 1. The summed E-state index contributed by atoms with van der Waals surface area (Å²) in [4.78, 5) is 19.9. The summed E-state index contributed by atoms with van der Waals surface area (Å²) >= 11 is 5.45. The van der Waals surface area contributed by atoms with Crippen LogP contribution < -0.4 is 0 Å². The highest BCUT2D eigenvalue weighted by molar-refractivity contribution is 14.1. The predicted octanol–water partition coefficient (Wildman–Crippen LogP) is 5.24. The van der Waals surface area contributed by atoms with Crippen molar-refractivity contribution in [2.75, 3.05) is 6.61 Å². The third-order valence-electron chi connectivity index (χ3n) is 2.86. The van der Waals surface area contributed by atoms with Crippen LogP contribution in [-0.4, -0.2) is 22.6 Å². The number of carbonyl (C=O) groups is 1. The Labute approximate surface area is 155 Å². The fourth-order valence-corrected chi connectivity index (χ4v) is 6.19. The van der Waals surface area contributed by atoms with E-state index in [2.05, 4.69) is 20.5 Å². The molecule has 11 heteroatoms. The second kappa shape index (κ2) is 6.64. The monoisotopic (exact) mass is 540 g/mol. The van der Waals surface area contributed by atoms with Crippen molar-refractivity contribution in [2.24, 2.45) is 0 Å². The summed E-state index contributed by atoms with van der Waals surface area (Å²) in [6, 6.07) is 2.58. The molecule has 1 atom stereocenters. The normalized spacial score (nSPS) is 14.9. The molecule has 23 heavy (non-hydrogen) atoms. The molecule has 2 N–H and O–H groups in total. The van der Waals surface area contributed by atoms with Crippen LogP contribution in [0.4, 0.5) is 8.78 Å². The maximum atomic E-state index is 14.4. The van der Waals surface area contributed by atoms with Crippen LogP contribution in [0.3, 0.4) is 0 Å². The molecule has 0 amide bonds. The average Bonchev–Trinajstić information content (AvgIpc) is 2.77. The summed E-state index contributed by atoms with van der Waals surface area (Å²) in [6.07, 6.45) is 0. The molecule has 0 spiro atoms. The van der Waals surface area contributed by atoms with Crippen molar-refractivity contribution in [3.63, 3.8) is 0 Å². The van der Waals surface area contributed by atoms with Gasteiger partial charge in [0.25, 0.3) is 0 Å². The Morgan fingerprint density at radius 1 is 1.52 bits per heavy atom. The zero-order valence-electron chi connectivity index (χ0n) is 11.3. The summed E-state index contributed by atoms with van der Waals surface area (Å²) in [7, 11) is -5.22. The highest BCUT2D eigenvalue weighted by atomic mass is 127. The Kier molecular flexibility index (Phi) is 5.54. The van der Waals surface area contributed by atoms with Crippen LogP contribution in [0.15, 0.2) is 16.6 Å². The van der Waals surface area contributed by atoms with Gasteiger partial charge in [-0.2, -0.15) is 8.78 Å². The lowest BCUT2D eigenvalue weighted by Gasteiger charge is -2.20. The first kappa shape index (κ1) is 19.2. The van der Waals surface area contributed by atoms with E-state index < -0.39 is 24.1 Å². The van der Waals surface area contributed by atoms with Crippen LogP contribution in [0.25, 0.3) is 10.1 Å². The molecule has 1 unspecified atom stereocenters. The van der Waals surface area contributed by atoms with E-state index in [0.717, 1.165) is 0 Å². The van der Waals surface area contributed by atoms with Gasteiger partial charge in [-0.25, -0.2) is 4.79 Å². The summed E-state index contributed by atoms with van der Waals surface area (Å²) in [5.74, 6) is -1.20. The molecule has 1 aromatic carbocycles. The van der Waals surface area contributed by atoms with Gasteiger partial charge in [0.2, 0.25) is 0 Å². The van der Waals surface area contributed by atoms with Crippen LogP contribution in [-0.2, 0) is 14.8 Å². The summed E-state index contributed by atoms with van der Waals surface area (Å²) < 4.78 is 45.7. The van der Waals surface area contributed by atoms with E-state index in [1.54, 1.807) is 0 Å². The van der Waals surface area contributed by atoms with Gasteiger partial charge < -0.3 is 14.5 Å². The molecule has 0 aliphatic carbocycles. The summed E-state index contributed by atoms with van der Waals surface area (Å²) in [6.45, 7) is 0.994. The predicted molar refractivity (Wildman–Crippen MR) is 94.5 cm³/mol. The number of rotatable bonds is 5. The van der Waals surface area contributed by atoms with Gasteiger partial charge in [0, 0.05) is 18.1 Å². The first-order valence-electron chi connectivity index (χ1n) is 6.03. The standard InChI is InChI=1S/C12H9BrF2IO5PS/c1-2-21-22(19,20)12(14,15)10-8(13)6-3-5(11(17)18)4-7(16)9(6)23-10/h3-4H,2H2,1H3,(H,17,18)(H,19,20). The lowest BCUT2D eigenvalue weighted by atomic mass is 10.1. The van der Waals surface area contributed by atoms with Crippen molar-refractivity contribution < 1.29 is 32.7 Å². The molecule has 2 aromatic rings. The van der Waals surface area contributed by atoms with Gasteiger partial charge in [0.05, 0.1) is 12.2 Å². The minimum absolute atomic E-state index is 0.0627. The zero-order chi connectivity index (χ0) is 17.6. The van der Waals surface area contributed by atoms with E-state index in [0.29, 0.717) is 19.6 Å². The van der Waals surface area contributed by atoms with Gasteiger partial charge in [0.1, 0.15) is 4.88 Å². The number of hydrogen-bond donors (Lipinski definition) is 2. The number of thiophene rings is 1. The van der Waals surface area contributed by atoms with E-state index in [9.17, 15) is 23.0 Å². The maximum Gasteiger partial charge on any atom is 0.402 e.